The van der Waals surface area contributed by atoms with Crippen LogP contribution in [0.1, 0.15) is 43.3 Å². The fourth-order valence-electron chi connectivity index (χ4n) is 3.71. The Morgan fingerprint density at radius 2 is 1.55 bits per heavy atom. The number of urea groups is 1. The van der Waals surface area contributed by atoms with Gasteiger partial charge in [-0.2, -0.15) is 23.3 Å². The Kier molecular flexibility index (Phi) is 7.92. The van der Waals surface area contributed by atoms with Crippen molar-refractivity contribution >= 4 is 52.3 Å². The summed E-state index contributed by atoms with van der Waals surface area (Å²) in [5.74, 6) is 1.55. The van der Waals surface area contributed by atoms with Gasteiger partial charge in [-0.25, -0.2) is 9.78 Å². The van der Waals surface area contributed by atoms with E-state index in [0.717, 1.165) is 29.1 Å². The molecule has 4 aromatic rings. The van der Waals surface area contributed by atoms with Crippen molar-refractivity contribution in [2.45, 2.75) is 46.2 Å². The molecule has 4 rings (SSSR count). The van der Waals surface area contributed by atoms with Gasteiger partial charge < -0.3 is 21.3 Å². The molecule has 0 radical (unpaired) electrons. The average molecular weight is 573 g/mol. The molecule has 0 aliphatic rings. The van der Waals surface area contributed by atoms with Crippen molar-refractivity contribution in [1.29, 1.82) is 0 Å². The number of nitrogens with zero attached hydrogens (tertiary/aromatic N) is 3. The molecule has 210 valence electrons. The number of anilines is 6. The van der Waals surface area contributed by atoms with Crippen molar-refractivity contribution in [2.24, 2.45) is 0 Å². The lowest BCUT2D eigenvalue weighted by Crippen LogP contribution is -2.20. The molecule has 0 atom stereocenters. The lowest BCUT2D eigenvalue weighted by Gasteiger charge is -2.14. The fourth-order valence-corrected chi connectivity index (χ4v) is 3.93. The van der Waals surface area contributed by atoms with Crippen molar-refractivity contribution in [3.8, 4) is 0 Å². The molecule has 0 aliphatic carbocycles. The average Bonchev–Trinajstić information content (AvgIpc) is 3.30. The number of hydrogen-bond donors (Lipinski definition) is 5. The van der Waals surface area contributed by atoms with Crippen molar-refractivity contribution in [3.63, 3.8) is 0 Å². The van der Waals surface area contributed by atoms with Crippen LogP contribution in [-0.4, -0.2) is 26.2 Å². The van der Waals surface area contributed by atoms with Gasteiger partial charge >= 0.3 is 12.2 Å². The standard InChI is InChI=1S/C27H28ClF3N8O/c1-14-10-16(33-25(40)34-17-6-8-19(28)18(12-17)27(29,30)31)7-9-20(14)35-24-32-15(2)11-22(37-24)36-23-13-21(38-39-23)26(3,4)5/h6-13H,1-5H3,(H2,33,34,40)(H3,32,35,36,37,38,39). The summed E-state index contributed by atoms with van der Waals surface area (Å²) in [6.45, 7) is 9.93. The van der Waals surface area contributed by atoms with Crippen LogP contribution >= 0.6 is 11.6 Å². The molecule has 0 bridgehead atoms. The number of carbonyl (C=O) groups is 1. The van der Waals surface area contributed by atoms with Crippen molar-refractivity contribution in [3.05, 3.63) is 76.1 Å². The molecule has 0 saturated carbocycles. The van der Waals surface area contributed by atoms with E-state index in [4.69, 9.17) is 11.6 Å². The number of hydrogen-bond acceptors (Lipinski definition) is 6. The summed E-state index contributed by atoms with van der Waals surface area (Å²) in [4.78, 5) is 21.4. The Bertz CT molecular complexity index is 1550. The summed E-state index contributed by atoms with van der Waals surface area (Å²) in [6, 6.07) is 11.3. The fraction of sp³-hybridized carbons (Fsp3) is 0.259. The SMILES string of the molecule is Cc1cc(Nc2cc(C(C)(C)C)[nH]n2)nc(Nc2ccc(NC(=O)Nc3ccc(Cl)c(C(F)(F)F)c3)cc2C)n1. The van der Waals surface area contributed by atoms with Gasteiger partial charge in [0.2, 0.25) is 5.95 Å². The van der Waals surface area contributed by atoms with E-state index in [1.54, 1.807) is 24.3 Å². The van der Waals surface area contributed by atoms with Gasteiger partial charge in [0.05, 0.1) is 10.6 Å². The van der Waals surface area contributed by atoms with Crippen molar-refractivity contribution in [2.75, 3.05) is 21.3 Å². The summed E-state index contributed by atoms with van der Waals surface area (Å²) in [6.07, 6.45) is -4.64. The summed E-state index contributed by atoms with van der Waals surface area (Å²) >= 11 is 5.64. The number of carbonyl (C=O) groups excluding carboxylic acids is 1. The predicted molar refractivity (Wildman–Crippen MR) is 151 cm³/mol. The van der Waals surface area contributed by atoms with Gasteiger partial charge in [0.15, 0.2) is 5.82 Å². The topological polar surface area (TPSA) is 120 Å². The third kappa shape index (κ3) is 7.20. The highest BCUT2D eigenvalue weighted by atomic mass is 35.5. The number of H-pyrrole nitrogens is 1. The summed E-state index contributed by atoms with van der Waals surface area (Å²) in [7, 11) is 0. The van der Waals surface area contributed by atoms with Crippen LogP contribution in [0.15, 0.2) is 48.5 Å². The molecule has 0 spiro atoms. The van der Waals surface area contributed by atoms with Gasteiger partial charge in [-0.3, -0.25) is 5.10 Å². The molecular weight excluding hydrogens is 545 g/mol. The van der Waals surface area contributed by atoms with Crippen LogP contribution in [0.4, 0.5) is 52.6 Å². The quantitative estimate of drug-likeness (QED) is 0.160. The van der Waals surface area contributed by atoms with Gasteiger partial charge in [0.1, 0.15) is 5.82 Å². The molecule has 0 unspecified atom stereocenters. The van der Waals surface area contributed by atoms with Crippen LogP contribution in [0.5, 0.6) is 0 Å². The third-order valence-corrected chi connectivity index (χ3v) is 6.09. The highest BCUT2D eigenvalue weighted by Gasteiger charge is 2.33. The second kappa shape index (κ2) is 11.0. The molecule has 5 N–H and O–H groups in total. The molecule has 2 aromatic carbocycles. The molecule has 2 amide bonds. The van der Waals surface area contributed by atoms with Gasteiger partial charge in [0, 0.05) is 46.0 Å². The minimum absolute atomic E-state index is 0.0466. The van der Waals surface area contributed by atoms with E-state index in [1.807, 2.05) is 19.9 Å². The molecular formula is C27H28ClF3N8O. The first-order valence-corrected chi connectivity index (χ1v) is 12.6. The Morgan fingerprint density at radius 3 is 2.17 bits per heavy atom. The van der Waals surface area contributed by atoms with Crippen LogP contribution in [0.25, 0.3) is 0 Å². The zero-order chi connectivity index (χ0) is 29.2. The monoisotopic (exact) mass is 572 g/mol. The Hall–Kier alpha value is -4.32. The van der Waals surface area contributed by atoms with E-state index in [1.165, 1.54) is 6.07 Å². The van der Waals surface area contributed by atoms with E-state index in [9.17, 15) is 18.0 Å². The maximum Gasteiger partial charge on any atom is 0.417 e. The van der Waals surface area contributed by atoms with Gasteiger partial charge in [-0.05, 0) is 55.8 Å². The van der Waals surface area contributed by atoms with Crippen LogP contribution in [0.2, 0.25) is 5.02 Å². The number of amides is 2. The Morgan fingerprint density at radius 1 is 0.875 bits per heavy atom. The number of aromatic nitrogens is 4. The zero-order valence-electron chi connectivity index (χ0n) is 22.4. The predicted octanol–water partition coefficient (Wildman–Crippen LogP) is 7.92. The molecule has 0 saturated heterocycles. The third-order valence-electron chi connectivity index (χ3n) is 5.76. The largest absolute Gasteiger partial charge is 0.417 e. The number of halogens is 4. The van der Waals surface area contributed by atoms with Crippen LogP contribution < -0.4 is 21.3 Å². The number of aromatic amines is 1. The second-order valence-corrected chi connectivity index (χ2v) is 10.6. The van der Waals surface area contributed by atoms with Crippen molar-refractivity contribution < 1.29 is 18.0 Å². The lowest BCUT2D eigenvalue weighted by molar-refractivity contribution is -0.137. The van der Waals surface area contributed by atoms with Crippen LogP contribution in [0.3, 0.4) is 0 Å². The molecule has 13 heteroatoms. The molecule has 2 heterocycles. The number of benzene rings is 2. The van der Waals surface area contributed by atoms with E-state index in [0.29, 0.717) is 29.0 Å². The zero-order valence-corrected chi connectivity index (χ0v) is 23.1. The normalized spacial score (nSPS) is 11.7. The summed E-state index contributed by atoms with van der Waals surface area (Å²) in [5.41, 5.74) is 2.46. The minimum Gasteiger partial charge on any atom is -0.324 e. The van der Waals surface area contributed by atoms with Crippen LogP contribution in [-0.2, 0) is 11.6 Å². The smallest absolute Gasteiger partial charge is 0.324 e. The molecule has 0 fully saturated rings. The molecule has 2 aromatic heterocycles. The lowest BCUT2D eigenvalue weighted by atomic mass is 9.92. The highest BCUT2D eigenvalue weighted by molar-refractivity contribution is 6.31. The first-order chi connectivity index (χ1) is 18.7. The maximum absolute atomic E-state index is 13.1. The highest BCUT2D eigenvalue weighted by Crippen LogP contribution is 2.36. The second-order valence-electron chi connectivity index (χ2n) is 10.2. The Balaban J connectivity index is 1.43. The molecule has 40 heavy (non-hydrogen) atoms. The van der Waals surface area contributed by atoms with Crippen LogP contribution in [0, 0.1) is 13.8 Å². The van der Waals surface area contributed by atoms with Gasteiger partial charge in [0.25, 0.3) is 0 Å². The number of nitrogens with one attached hydrogen (secondary N) is 5. The van der Waals surface area contributed by atoms with Gasteiger partial charge in [-0.1, -0.05) is 32.4 Å². The number of alkyl halides is 3. The summed E-state index contributed by atoms with van der Waals surface area (Å²) in [5, 5.41) is 18.2. The minimum atomic E-state index is -4.64. The first-order valence-electron chi connectivity index (χ1n) is 12.2. The van der Waals surface area contributed by atoms with E-state index in [-0.39, 0.29) is 11.1 Å². The van der Waals surface area contributed by atoms with Crippen molar-refractivity contribution in [1.82, 2.24) is 20.2 Å². The number of aryl methyl sites for hydroxylation is 2. The van der Waals surface area contributed by atoms with E-state index in [2.05, 4.69) is 62.2 Å². The Labute approximate surface area is 234 Å². The number of rotatable bonds is 6. The molecule has 9 nitrogen and oxygen atoms in total. The maximum atomic E-state index is 13.1. The van der Waals surface area contributed by atoms with E-state index < -0.39 is 22.8 Å². The summed E-state index contributed by atoms with van der Waals surface area (Å²) < 4.78 is 39.3. The first kappa shape index (κ1) is 28.7. The van der Waals surface area contributed by atoms with Gasteiger partial charge in [-0.15, -0.1) is 0 Å². The molecule has 0 aliphatic heterocycles. The van der Waals surface area contributed by atoms with E-state index >= 15 is 0 Å².